The van der Waals surface area contributed by atoms with E-state index in [4.69, 9.17) is 0 Å². The van der Waals surface area contributed by atoms with Gasteiger partial charge in [0.2, 0.25) is 11.8 Å². The van der Waals surface area contributed by atoms with Crippen LogP contribution in [-0.2, 0) is 21.4 Å². The maximum Gasteiger partial charge on any atom is 0.348 e. The minimum absolute atomic E-state index is 0.240. The lowest BCUT2D eigenvalue weighted by atomic mass is 10.1. The Morgan fingerprint density at radius 1 is 0.885 bits per heavy atom. The molecule has 136 valence electrons. The van der Waals surface area contributed by atoms with Crippen LogP contribution in [0, 0.1) is 0 Å². The van der Waals surface area contributed by atoms with Crippen molar-refractivity contribution < 1.29 is 14.4 Å². The smallest absolute Gasteiger partial charge is 0.348 e. The molecule has 3 heterocycles. The Hall–Kier alpha value is -2.90. The number of amides is 2. The van der Waals surface area contributed by atoms with E-state index in [9.17, 15) is 19.2 Å². The van der Waals surface area contributed by atoms with E-state index in [1.165, 1.54) is 9.24 Å². The number of hydrogen-bond acceptors (Lipinski definition) is 5. The van der Waals surface area contributed by atoms with Crippen molar-refractivity contribution in [3.8, 4) is 0 Å². The first-order chi connectivity index (χ1) is 12.5. The summed E-state index contributed by atoms with van der Waals surface area (Å²) < 4.78 is 2.66. The lowest BCUT2D eigenvalue weighted by molar-refractivity contribution is -0.131. The number of hydrogen-bond donors (Lipinski definition) is 0. The van der Waals surface area contributed by atoms with E-state index in [-0.39, 0.29) is 30.4 Å². The fourth-order valence-electron chi connectivity index (χ4n) is 3.79. The number of Topliss-reactive ketones (excluding diaryl/α,β-unsaturated/α-hetero) is 1. The summed E-state index contributed by atoms with van der Waals surface area (Å²) in [7, 11) is 1.64. The number of fused-ring (bicyclic) bond motifs is 1. The van der Waals surface area contributed by atoms with Crippen LogP contribution in [0.2, 0.25) is 0 Å². The normalized spacial score (nSPS) is 18.9. The van der Waals surface area contributed by atoms with Gasteiger partial charge in [-0.25, -0.2) is 4.79 Å². The first kappa shape index (κ1) is 16.6. The van der Waals surface area contributed by atoms with Gasteiger partial charge in [-0.1, -0.05) is 6.07 Å². The molecule has 8 heteroatoms. The number of carbonyl (C=O) groups excluding carboxylic acids is 3. The van der Waals surface area contributed by atoms with Gasteiger partial charge in [-0.05, 0) is 18.6 Å². The van der Waals surface area contributed by atoms with Gasteiger partial charge in [0.15, 0.2) is 0 Å². The van der Waals surface area contributed by atoms with Crippen LogP contribution in [0.4, 0.5) is 5.69 Å². The molecule has 2 aromatic rings. The number of rotatable bonds is 2. The van der Waals surface area contributed by atoms with Gasteiger partial charge in [0.05, 0.1) is 16.7 Å². The molecule has 0 bridgehead atoms. The highest BCUT2D eigenvalue weighted by Crippen LogP contribution is 2.28. The molecule has 2 fully saturated rings. The van der Waals surface area contributed by atoms with E-state index in [0.29, 0.717) is 43.4 Å². The fraction of sp³-hybridized carbons (Fsp3) is 0.444. The Morgan fingerprint density at radius 3 is 2.19 bits per heavy atom. The van der Waals surface area contributed by atoms with Crippen LogP contribution in [0.15, 0.2) is 23.0 Å². The van der Waals surface area contributed by atoms with Crippen LogP contribution < -0.4 is 15.6 Å². The van der Waals surface area contributed by atoms with Gasteiger partial charge < -0.3 is 4.90 Å². The number of imide groups is 1. The number of benzene rings is 1. The molecule has 0 radical (unpaired) electrons. The molecule has 4 rings (SSSR count). The van der Waals surface area contributed by atoms with Gasteiger partial charge in [0.1, 0.15) is 5.78 Å². The Morgan fingerprint density at radius 2 is 1.54 bits per heavy atom. The van der Waals surface area contributed by atoms with Gasteiger partial charge in [0, 0.05) is 45.8 Å². The summed E-state index contributed by atoms with van der Waals surface area (Å²) in [6, 6.07) is 5.45. The molecule has 1 aromatic heterocycles. The van der Waals surface area contributed by atoms with E-state index >= 15 is 0 Å². The quantitative estimate of drug-likeness (QED) is 0.739. The van der Waals surface area contributed by atoms with E-state index in [0.717, 1.165) is 10.7 Å². The van der Waals surface area contributed by atoms with Gasteiger partial charge in [-0.15, -0.1) is 0 Å². The minimum atomic E-state index is -0.427. The maximum atomic E-state index is 12.9. The lowest BCUT2D eigenvalue weighted by Gasteiger charge is -2.29. The van der Waals surface area contributed by atoms with E-state index in [1.54, 1.807) is 13.1 Å². The second-order valence-corrected chi connectivity index (χ2v) is 6.78. The Bertz CT molecular complexity index is 961. The number of para-hydroxylation sites is 1. The minimum Gasteiger partial charge on any atom is -0.369 e. The highest BCUT2D eigenvalue weighted by Gasteiger charge is 2.32. The average Bonchev–Trinajstić information content (AvgIpc) is 2.88. The molecule has 2 aliphatic rings. The first-order valence-corrected chi connectivity index (χ1v) is 8.82. The van der Waals surface area contributed by atoms with Crippen LogP contribution >= 0.6 is 0 Å². The molecule has 0 spiro atoms. The second-order valence-electron chi connectivity index (χ2n) is 6.78. The summed E-state index contributed by atoms with van der Waals surface area (Å²) in [6.07, 6.45) is 1.98. The Kier molecular flexibility index (Phi) is 3.90. The van der Waals surface area contributed by atoms with Gasteiger partial charge in [-0.3, -0.25) is 19.0 Å². The molecule has 26 heavy (non-hydrogen) atoms. The third-order valence-corrected chi connectivity index (χ3v) is 5.14. The topological polar surface area (TPSA) is 84.6 Å². The molecular formula is C18H20N4O4. The number of aromatic nitrogens is 2. The second kappa shape index (κ2) is 6.12. The van der Waals surface area contributed by atoms with Crippen molar-refractivity contribution in [2.24, 2.45) is 7.05 Å². The predicted octanol–water partition coefficient (Wildman–Crippen LogP) is 0.684. The molecule has 8 nitrogen and oxygen atoms in total. The van der Waals surface area contributed by atoms with Gasteiger partial charge >= 0.3 is 5.69 Å². The largest absolute Gasteiger partial charge is 0.369 e. The molecule has 0 aliphatic carbocycles. The van der Waals surface area contributed by atoms with E-state index in [2.05, 4.69) is 4.90 Å². The number of carbonyl (C=O) groups is 3. The molecule has 1 aromatic carbocycles. The molecule has 0 N–H and O–H groups in total. The van der Waals surface area contributed by atoms with Crippen LogP contribution in [-0.4, -0.2) is 39.9 Å². The Labute approximate surface area is 149 Å². The summed E-state index contributed by atoms with van der Waals surface area (Å²) in [5, 5.41) is 0.984. The average molecular weight is 356 g/mol. The monoisotopic (exact) mass is 356 g/mol. The number of aryl methyl sites for hydroxylation is 1. The lowest BCUT2D eigenvalue weighted by Crippen LogP contribution is -2.52. The number of imidazole rings is 1. The number of nitrogens with zero attached hydrogens (tertiary/aromatic N) is 4. The van der Waals surface area contributed by atoms with Crippen molar-refractivity contribution in [2.75, 3.05) is 23.0 Å². The van der Waals surface area contributed by atoms with Crippen molar-refractivity contribution in [2.45, 2.75) is 32.1 Å². The number of ketones is 1. The molecule has 0 saturated carbocycles. The fourth-order valence-corrected chi connectivity index (χ4v) is 3.79. The zero-order valence-electron chi connectivity index (χ0n) is 14.6. The van der Waals surface area contributed by atoms with Crippen molar-refractivity contribution >= 4 is 34.3 Å². The summed E-state index contributed by atoms with van der Waals surface area (Å²) >= 11 is 0. The molecule has 0 atom stereocenters. The first-order valence-electron chi connectivity index (χ1n) is 8.82. The van der Waals surface area contributed by atoms with Crippen molar-refractivity contribution in [1.82, 2.24) is 9.24 Å². The summed E-state index contributed by atoms with van der Waals surface area (Å²) in [5.41, 5.74) is 1.60. The standard InChI is InChI=1S/C18H20N4O4/c1-19-17-13(20-10-8-12(23)9-11-20)4-2-5-14(17)21(18(19)26)22-15(24)6-3-7-16(22)25/h2,4-5H,3,6-11H2,1H3. The third-order valence-electron chi connectivity index (χ3n) is 5.14. The number of piperidine rings is 2. The molecule has 2 amide bonds. The summed E-state index contributed by atoms with van der Waals surface area (Å²) in [5.74, 6) is -0.473. The highest BCUT2D eigenvalue weighted by molar-refractivity contribution is 6.11. The van der Waals surface area contributed by atoms with Gasteiger partial charge in [0.25, 0.3) is 0 Å². The van der Waals surface area contributed by atoms with E-state index < -0.39 is 5.69 Å². The summed E-state index contributed by atoms with van der Waals surface area (Å²) in [4.78, 5) is 51.1. The van der Waals surface area contributed by atoms with Crippen molar-refractivity contribution in [3.05, 3.63) is 28.7 Å². The predicted molar refractivity (Wildman–Crippen MR) is 95.7 cm³/mol. The van der Waals surface area contributed by atoms with Crippen LogP contribution in [0.25, 0.3) is 11.0 Å². The molecule has 2 aliphatic heterocycles. The maximum absolute atomic E-state index is 12.9. The molecular weight excluding hydrogens is 336 g/mol. The van der Waals surface area contributed by atoms with Gasteiger partial charge in [-0.2, -0.15) is 9.69 Å². The molecule has 2 saturated heterocycles. The van der Waals surface area contributed by atoms with Crippen molar-refractivity contribution in [1.29, 1.82) is 0 Å². The third kappa shape index (κ3) is 2.44. The van der Waals surface area contributed by atoms with Crippen LogP contribution in [0.5, 0.6) is 0 Å². The van der Waals surface area contributed by atoms with E-state index in [1.807, 2.05) is 12.1 Å². The van der Waals surface area contributed by atoms with Crippen molar-refractivity contribution in [3.63, 3.8) is 0 Å². The van der Waals surface area contributed by atoms with Crippen LogP contribution in [0.3, 0.4) is 0 Å². The number of anilines is 1. The molecule has 0 unspecified atom stereocenters. The highest BCUT2D eigenvalue weighted by atomic mass is 16.2. The zero-order valence-corrected chi connectivity index (χ0v) is 14.6. The van der Waals surface area contributed by atoms with Crippen LogP contribution in [0.1, 0.15) is 32.1 Å². The SMILES string of the molecule is Cn1c(=O)n(N2C(=O)CCCC2=O)c2cccc(N3CCC(=O)CC3)c21. The Balaban J connectivity index is 1.89. The summed E-state index contributed by atoms with van der Waals surface area (Å²) in [6.45, 7) is 1.19. The zero-order chi connectivity index (χ0) is 18.4.